The summed E-state index contributed by atoms with van der Waals surface area (Å²) >= 11 is 0. The largest absolute Gasteiger partial charge is 0.491 e. The van der Waals surface area contributed by atoms with Gasteiger partial charge in [0.25, 0.3) is 0 Å². The number of hydrogen-bond donors (Lipinski definition) is 0. The van der Waals surface area contributed by atoms with E-state index >= 15 is 0 Å². The summed E-state index contributed by atoms with van der Waals surface area (Å²) in [6.07, 6.45) is 23.5. The quantitative estimate of drug-likeness (QED) is 0.218. The molecule has 0 amide bonds. The van der Waals surface area contributed by atoms with E-state index in [-0.39, 0.29) is 5.82 Å². The van der Waals surface area contributed by atoms with Crippen LogP contribution in [-0.2, 0) is 6.42 Å². The lowest BCUT2D eigenvalue weighted by molar-refractivity contribution is 0.185. The first kappa shape index (κ1) is 25.3. The Labute approximate surface area is 197 Å². The molecular weight excluding hydrogens is 395 g/mol. The zero-order valence-electron chi connectivity index (χ0n) is 20.8. The number of unbranched alkanes of at least 4 members (excludes halogenated alkanes) is 4. The maximum absolute atomic E-state index is 14.3. The highest BCUT2D eigenvalue weighted by atomic mass is 19.1. The van der Waals surface area contributed by atoms with Crippen LogP contribution < -0.4 is 4.74 Å². The third-order valence-electron chi connectivity index (χ3n) is 8.06. The van der Waals surface area contributed by atoms with Crippen molar-refractivity contribution in [3.8, 4) is 5.75 Å². The van der Waals surface area contributed by atoms with Gasteiger partial charge in [-0.1, -0.05) is 82.9 Å². The van der Waals surface area contributed by atoms with E-state index in [0.717, 1.165) is 49.0 Å². The summed E-state index contributed by atoms with van der Waals surface area (Å²) in [5.74, 6) is 3.09. The maximum atomic E-state index is 14.3. The molecule has 1 atom stereocenters. The zero-order chi connectivity index (χ0) is 22.6. The molecule has 1 aromatic rings. The van der Waals surface area contributed by atoms with Crippen molar-refractivity contribution >= 4 is 0 Å². The SMILES string of the molecule is CCCCCC[C@H]1CC[C@H](C2CC=C(CCc3ccc(OCCCC)c(F)c3)CC2)CC1. The van der Waals surface area contributed by atoms with Crippen molar-refractivity contribution in [1.29, 1.82) is 0 Å². The zero-order valence-corrected chi connectivity index (χ0v) is 20.8. The molecule has 0 aliphatic heterocycles. The Bertz CT molecular complexity index is 686. The van der Waals surface area contributed by atoms with Crippen LogP contribution >= 0.6 is 0 Å². The Balaban J connectivity index is 1.36. The van der Waals surface area contributed by atoms with Crippen LogP contribution in [0.4, 0.5) is 4.39 Å². The Morgan fingerprint density at radius 3 is 2.38 bits per heavy atom. The van der Waals surface area contributed by atoms with Gasteiger partial charge in [-0.05, 0) is 86.8 Å². The number of hydrogen-bond acceptors (Lipinski definition) is 1. The highest BCUT2D eigenvalue weighted by Gasteiger charge is 2.28. The summed E-state index contributed by atoms with van der Waals surface area (Å²) in [5.41, 5.74) is 2.68. The van der Waals surface area contributed by atoms with Crippen LogP contribution in [-0.4, -0.2) is 6.61 Å². The van der Waals surface area contributed by atoms with E-state index in [0.29, 0.717) is 12.4 Å². The Morgan fingerprint density at radius 2 is 1.69 bits per heavy atom. The second-order valence-corrected chi connectivity index (χ2v) is 10.5. The third-order valence-corrected chi connectivity index (χ3v) is 8.06. The predicted octanol–water partition coefficient (Wildman–Crippen LogP) is 9.44. The predicted molar refractivity (Wildman–Crippen MR) is 135 cm³/mol. The molecule has 3 rings (SSSR count). The maximum Gasteiger partial charge on any atom is 0.165 e. The number of halogens is 1. The topological polar surface area (TPSA) is 9.23 Å². The fraction of sp³-hybridized carbons (Fsp3) is 0.733. The van der Waals surface area contributed by atoms with Gasteiger partial charge in [0.05, 0.1) is 6.61 Å². The normalized spacial score (nSPS) is 23.7. The Kier molecular flexibility index (Phi) is 11.1. The van der Waals surface area contributed by atoms with Crippen LogP contribution in [0.25, 0.3) is 0 Å². The molecule has 1 saturated carbocycles. The molecule has 2 aliphatic rings. The summed E-state index contributed by atoms with van der Waals surface area (Å²) in [6, 6.07) is 5.52. The van der Waals surface area contributed by atoms with Crippen molar-refractivity contribution < 1.29 is 9.13 Å². The van der Waals surface area contributed by atoms with Gasteiger partial charge in [0.15, 0.2) is 11.6 Å². The van der Waals surface area contributed by atoms with Gasteiger partial charge in [-0.15, -0.1) is 0 Å². The van der Waals surface area contributed by atoms with Crippen molar-refractivity contribution in [3.05, 3.63) is 41.2 Å². The second-order valence-electron chi connectivity index (χ2n) is 10.5. The van der Waals surface area contributed by atoms with Gasteiger partial charge in [-0.3, -0.25) is 0 Å². The molecule has 1 fully saturated rings. The van der Waals surface area contributed by atoms with Crippen molar-refractivity contribution in [2.24, 2.45) is 17.8 Å². The highest BCUT2D eigenvalue weighted by molar-refractivity contribution is 5.30. The van der Waals surface area contributed by atoms with E-state index in [1.165, 1.54) is 77.0 Å². The molecule has 0 spiro atoms. The van der Waals surface area contributed by atoms with Crippen LogP contribution in [0.2, 0.25) is 0 Å². The van der Waals surface area contributed by atoms with Crippen LogP contribution in [0.15, 0.2) is 29.8 Å². The minimum Gasteiger partial charge on any atom is -0.491 e. The Hall–Kier alpha value is -1.31. The van der Waals surface area contributed by atoms with Gasteiger partial charge in [0.1, 0.15) is 0 Å². The molecule has 0 heterocycles. The molecule has 32 heavy (non-hydrogen) atoms. The van der Waals surface area contributed by atoms with E-state index in [9.17, 15) is 4.39 Å². The molecule has 0 aromatic heterocycles. The average molecular weight is 443 g/mol. The summed E-state index contributed by atoms with van der Waals surface area (Å²) < 4.78 is 19.8. The lowest BCUT2D eigenvalue weighted by Gasteiger charge is -2.35. The number of aryl methyl sites for hydroxylation is 1. The van der Waals surface area contributed by atoms with E-state index in [1.54, 1.807) is 11.6 Å². The van der Waals surface area contributed by atoms with Gasteiger partial charge in [0, 0.05) is 0 Å². The van der Waals surface area contributed by atoms with E-state index in [1.807, 2.05) is 12.1 Å². The number of allylic oxidation sites excluding steroid dienone is 2. The fourth-order valence-corrected chi connectivity index (χ4v) is 5.82. The number of rotatable bonds is 13. The smallest absolute Gasteiger partial charge is 0.165 e. The molecule has 0 bridgehead atoms. The van der Waals surface area contributed by atoms with E-state index in [2.05, 4.69) is 19.9 Å². The number of ether oxygens (including phenoxy) is 1. The van der Waals surface area contributed by atoms with Crippen molar-refractivity contribution in [3.63, 3.8) is 0 Å². The summed E-state index contributed by atoms with van der Waals surface area (Å²) in [6.45, 7) is 5.02. The molecule has 0 N–H and O–H groups in total. The average Bonchev–Trinajstić information content (AvgIpc) is 2.83. The summed E-state index contributed by atoms with van der Waals surface area (Å²) in [5, 5.41) is 0. The molecule has 1 aromatic carbocycles. The first-order chi connectivity index (χ1) is 15.7. The van der Waals surface area contributed by atoms with Gasteiger partial charge in [0.2, 0.25) is 0 Å². The first-order valence-electron chi connectivity index (χ1n) is 13.8. The minimum absolute atomic E-state index is 0.211. The fourth-order valence-electron chi connectivity index (χ4n) is 5.82. The molecule has 2 heteroatoms. The summed E-state index contributed by atoms with van der Waals surface area (Å²) in [7, 11) is 0. The second kappa shape index (κ2) is 14.1. The summed E-state index contributed by atoms with van der Waals surface area (Å²) in [4.78, 5) is 0. The molecule has 0 saturated heterocycles. The van der Waals surface area contributed by atoms with Crippen molar-refractivity contribution in [2.75, 3.05) is 6.61 Å². The Morgan fingerprint density at radius 1 is 0.875 bits per heavy atom. The lowest BCUT2D eigenvalue weighted by Crippen LogP contribution is -2.23. The van der Waals surface area contributed by atoms with Crippen molar-refractivity contribution in [2.45, 2.75) is 117 Å². The molecule has 2 aliphatic carbocycles. The van der Waals surface area contributed by atoms with Crippen LogP contribution in [0.3, 0.4) is 0 Å². The molecular formula is C30H47FO. The van der Waals surface area contributed by atoms with Gasteiger partial charge in [-0.2, -0.15) is 0 Å². The van der Waals surface area contributed by atoms with Crippen molar-refractivity contribution in [1.82, 2.24) is 0 Å². The van der Waals surface area contributed by atoms with E-state index < -0.39 is 0 Å². The van der Waals surface area contributed by atoms with E-state index in [4.69, 9.17) is 4.74 Å². The monoisotopic (exact) mass is 442 g/mol. The van der Waals surface area contributed by atoms with Crippen LogP contribution in [0.1, 0.15) is 116 Å². The number of benzene rings is 1. The lowest BCUT2D eigenvalue weighted by atomic mass is 9.70. The minimum atomic E-state index is -0.211. The highest BCUT2D eigenvalue weighted by Crippen LogP contribution is 2.41. The van der Waals surface area contributed by atoms with Crippen LogP contribution in [0.5, 0.6) is 5.75 Å². The molecule has 1 nitrogen and oxygen atoms in total. The molecule has 180 valence electrons. The molecule has 0 radical (unpaired) electrons. The van der Waals surface area contributed by atoms with Gasteiger partial charge < -0.3 is 4.74 Å². The van der Waals surface area contributed by atoms with Gasteiger partial charge >= 0.3 is 0 Å². The van der Waals surface area contributed by atoms with Gasteiger partial charge in [-0.25, -0.2) is 4.39 Å². The first-order valence-corrected chi connectivity index (χ1v) is 13.8. The van der Waals surface area contributed by atoms with Crippen LogP contribution in [0, 0.1) is 23.6 Å². The molecule has 1 unspecified atom stereocenters. The third kappa shape index (κ3) is 8.23. The standard InChI is InChI=1S/C30H47FO/c1-3-5-7-8-9-24-12-17-27(18-13-24)28-19-14-25(15-20-28)10-11-26-16-21-30(29(31)23-26)32-22-6-4-2/h14,16,21,23-24,27-28H,3-13,15,17-20,22H2,1-2H3/t24-,27-,28?.